The maximum Gasteiger partial charge on any atom is 0.410 e. The lowest BCUT2D eigenvalue weighted by Crippen LogP contribution is -2.48. The summed E-state index contributed by atoms with van der Waals surface area (Å²) < 4.78 is 26.3. The average Bonchev–Trinajstić information content (AvgIpc) is 2.33. The van der Waals surface area contributed by atoms with Crippen LogP contribution in [0.4, 0.5) is 4.79 Å². The molecule has 21 heavy (non-hydrogen) atoms. The van der Waals surface area contributed by atoms with Gasteiger partial charge in [-0.15, -0.1) is 0 Å². The smallest absolute Gasteiger partial charge is 0.410 e. The number of carbonyl (C=O) groups excluding carboxylic acids is 1. The maximum absolute atomic E-state index is 12.0. The van der Waals surface area contributed by atoms with Gasteiger partial charge in [-0.25, -0.2) is 4.79 Å². The summed E-state index contributed by atoms with van der Waals surface area (Å²) >= 11 is -1.32. The van der Waals surface area contributed by atoms with Crippen molar-refractivity contribution in [2.75, 3.05) is 19.7 Å². The quantitative estimate of drug-likeness (QED) is 0.577. The Hall–Kier alpha value is -0.790. The number of hydrogen-bond donors (Lipinski definition) is 0. The van der Waals surface area contributed by atoms with Crippen LogP contribution in [-0.2, 0) is 20.8 Å². The van der Waals surface area contributed by atoms with Crippen LogP contribution in [-0.4, -0.2) is 57.9 Å². The number of amides is 1. The zero-order valence-electron chi connectivity index (χ0n) is 13.7. The second-order valence-corrected chi connectivity index (χ2v) is 8.89. The monoisotopic (exact) mass is 318 g/mol. The minimum absolute atomic E-state index is 0.349. The standard InChI is InChI=1S/C14H26N2O4S/c1-13(2,3)20-12(17)16-7-8-19-11(10-16)9-15-21(18)14(4,5)6/h9,11H,7-8,10H2,1-6H3/t11-,21-/m1/s1. The van der Waals surface area contributed by atoms with Crippen LogP contribution < -0.4 is 0 Å². The van der Waals surface area contributed by atoms with E-state index in [-0.39, 0.29) is 12.2 Å². The molecule has 0 aromatic heterocycles. The van der Waals surface area contributed by atoms with Crippen LogP contribution in [0.1, 0.15) is 41.5 Å². The van der Waals surface area contributed by atoms with Crippen LogP contribution in [0.25, 0.3) is 0 Å². The number of ether oxygens (including phenoxy) is 2. The van der Waals surface area contributed by atoms with Gasteiger partial charge in [-0.05, 0) is 41.5 Å². The lowest BCUT2D eigenvalue weighted by Gasteiger charge is -2.32. The first-order valence-corrected chi connectivity index (χ1v) is 8.15. The number of morpholine rings is 1. The summed E-state index contributed by atoms with van der Waals surface area (Å²) in [7, 11) is 0. The van der Waals surface area contributed by atoms with Crippen LogP contribution in [0.3, 0.4) is 0 Å². The first-order chi connectivity index (χ1) is 9.49. The van der Waals surface area contributed by atoms with Crippen LogP contribution in [0.2, 0.25) is 0 Å². The highest BCUT2D eigenvalue weighted by atomic mass is 32.2. The van der Waals surface area contributed by atoms with Crippen molar-refractivity contribution < 1.29 is 18.8 Å². The predicted molar refractivity (Wildman–Crippen MR) is 83.9 cm³/mol. The zero-order valence-corrected chi connectivity index (χ0v) is 14.5. The summed E-state index contributed by atoms with van der Waals surface area (Å²) in [5.74, 6) is 0. The predicted octanol–water partition coefficient (Wildman–Crippen LogP) is 2.16. The minimum atomic E-state index is -1.32. The van der Waals surface area contributed by atoms with E-state index in [1.165, 1.54) is 6.21 Å². The summed E-state index contributed by atoms with van der Waals surface area (Å²) in [6.45, 7) is 12.3. The maximum atomic E-state index is 12.0. The van der Waals surface area contributed by atoms with Crippen LogP contribution in [0.5, 0.6) is 0 Å². The normalized spacial score (nSPS) is 22.4. The van der Waals surface area contributed by atoms with E-state index >= 15 is 0 Å². The van der Waals surface area contributed by atoms with Gasteiger partial charge in [-0.3, -0.25) is 0 Å². The van der Waals surface area contributed by atoms with Crippen molar-refractivity contribution in [2.45, 2.75) is 58.0 Å². The van der Waals surface area contributed by atoms with E-state index < -0.39 is 21.7 Å². The number of rotatable bonds is 2. The molecule has 2 atom stereocenters. The summed E-state index contributed by atoms with van der Waals surface area (Å²) in [5, 5.41) is 0. The molecule has 0 bridgehead atoms. The number of hydrogen-bond acceptors (Lipinski definition) is 5. The summed E-state index contributed by atoms with van der Waals surface area (Å²) in [6.07, 6.45) is 0.816. The van der Waals surface area contributed by atoms with Crippen molar-refractivity contribution in [2.24, 2.45) is 4.40 Å². The second kappa shape index (κ2) is 6.98. The molecule has 6 nitrogen and oxygen atoms in total. The summed E-state index contributed by atoms with van der Waals surface area (Å²) in [4.78, 5) is 13.6. The van der Waals surface area contributed by atoms with E-state index in [0.29, 0.717) is 19.7 Å². The van der Waals surface area contributed by atoms with Crippen LogP contribution in [0, 0.1) is 0 Å². The fourth-order valence-corrected chi connectivity index (χ4v) is 2.10. The second-order valence-electron chi connectivity index (χ2n) is 6.95. The third kappa shape index (κ3) is 6.67. The highest BCUT2D eigenvalue weighted by Crippen LogP contribution is 2.17. The van der Waals surface area contributed by atoms with Crippen molar-refractivity contribution in [1.29, 1.82) is 0 Å². The lowest BCUT2D eigenvalue weighted by molar-refractivity contribution is -0.0197. The van der Waals surface area contributed by atoms with E-state index in [9.17, 15) is 9.35 Å². The fraction of sp³-hybridized carbons (Fsp3) is 0.857. The Labute approximate surface area is 130 Å². The van der Waals surface area contributed by atoms with Crippen molar-refractivity contribution in [3.8, 4) is 0 Å². The molecule has 122 valence electrons. The van der Waals surface area contributed by atoms with Gasteiger partial charge in [0.05, 0.1) is 19.4 Å². The van der Waals surface area contributed by atoms with Crippen molar-refractivity contribution in [3.05, 3.63) is 0 Å². The fourth-order valence-electron chi connectivity index (χ4n) is 1.54. The molecule has 0 saturated carbocycles. The molecule has 0 unspecified atom stereocenters. The largest absolute Gasteiger partial charge is 0.591 e. The lowest BCUT2D eigenvalue weighted by atomic mass is 10.2. The summed E-state index contributed by atoms with van der Waals surface area (Å²) in [5.41, 5.74) is -0.521. The van der Waals surface area contributed by atoms with Gasteiger partial charge in [-0.1, -0.05) is 4.40 Å². The van der Waals surface area contributed by atoms with Gasteiger partial charge in [0.2, 0.25) is 0 Å². The average molecular weight is 318 g/mol. The Balaban J connectivity index is 2.56. The van der Waals surface area contributed by atoms with E-state index in [1.807, 2.05) is 41.5 Å². The van der Waals surface area contributed by atoms with Crippen molar-refractivity contribution in [3.63, 3.8) is 0 Å². The molecule has 1 aliphatic rings. The van der Waals surface area contributed by atoms with E-state index in [4.69, 9.17) is 9.47 Å². The van der Waals surface area contributed by atoms with Crippen molar-refractivity contribution >= 4 is 23.7 Å². The van der Waals surface area contributed by atoms with Crippen LogP contribution >= 0.6 is 0 Å². The van der Waals surface area contributed by atoms with Gasteiger partial charge in [0.1, 0.15) is 27.8 Å². The first kappa shape index (κ1) is 18.3. The van der Waals surface area contributed by atoms with E-state index in [2.05, 4.69) is 4.40 Å². The third-order valence-corrected chi connectivity index (χ3v) is 3.95. The molecule has 0 spiro atoms. The van der Waals surface area contributed by atoms with Gasteiger partial charge >= 0.3 is 6.09 Å². The molecule has 0 radical (unpaired) electrons. The first-order valence-electron chi connectivity index (χ1n) is 7.05. The van der Waals surface area contributed by atoms with Gasteiger partial charge in [0.15, 0.2) is 0 Å². The Morgan fingerprint density at radius 2 is 2.00 bits per heavy atom. The minimum Gasteiger partial charge on any atom is -0.591 e. The molecule has 1 rings (SSSR count). The molecule has 0 aromatic carbocycles. The Kier molecular flexibility index (Phi) is 6.07. The van der Waals surface area contributed by atoms with Gasteiger partial charge < -0.3 is 18.9 Å². The van der Waals surface area contributed by atoms with Gasteiger partial charge in [0, 0.05) is 6.54 Å². The molecule has 1 amide bonds. The third-order valence-electron chi connectivity index (χ3n) is 2.59. The number of nitrogens with zero attached hydrogens (tertiary/aromatic N) is 2. The van der Waals surface area contributed by atoms with E-state index in [1.54, 1.807) is 4.90 Å². The summed E-state index contributed by atoms with van der Waals surface area (Å²) in [6, 6.07) is 0. The topological polar surface area (TPSA) is 74.2 Å². The highest BCUT2D eigenvalue weighted by Gasteiger charge is 2.29. The van der Waals surface area contributed by atoms with Gasteiger partial charge in [0.25, 0.3) is 0 Å². The Morgan fingerprint density at radius 3 is 2.52 bits per heavy atom. The van der Waals surface area contributed by atoms with Gasteiger partial charge in [-0.2, -0.15) is 0 Å². The molecule has 1 saturated heterocycles. The van der Waals surface area contributed by atoms with Crippen LogP contribution in [0.15, 0.2) is 4.40 Å². The van der Waals surface area contributed by atoms with Crippen molar-refractivity contribution in [1.82, 2.24) is 4.90 Å². The molecule has 0 aromatic rings. The molecule has 1 aliphatic heterocycles. The zero-order chi connectivity index (χ0) is 16.3. The molecule has 0 N–H and O–H groups in total. The SMILES string of the molecule is CC(C)(C)OC(=O)N1CCO[C@H](C=N[S@+]([O-])C(C)(C)C)C1. The molecular weight excluding hydrogens is 292 g/mol. The molecule has 1 heterocycles. The Bertz CT molecular complexity index is 387. The Morgan fingerprint density at radius 1 is 1.38 bits per heavy atom. The van der Waals surface area contributed by atoms with E-state index in [0.717, 1.165) is 0 Å². The highest BCUT2D eigenvalue weighted by molar-refractivity contribution is 7.91. The molecular formula is C14H26N2O4S. The molecule has 7 heteroatoms. The molecule has 1 fully saturated rings. The number of carbonyl (C=O) groups is 1. The molecule has 0 aliphatic carbocycles.